The Morgan fingerprint density at radius 1 is 1.40 bits per heavy atom. The third-order valence-electron chi connectivity index (χ3n) is 3.66. The normalized spacial score (nSPS) is 15.6. The smallest absolute Gasteiger partial charge is 0.304 e. The molecular formula is C14H15BrO5. The molecule has 1 saturated carbocycles. The summed E-state index contributed by atoms with van der Waals surface area (Å²) in [4.78, 5) is 22.2. The van der Waals surface area contributed by atoms with Crippen LogP contribution in [0.4, 0.5) is 0 Å². The second-order valence-corrected chi connectivity index (χ2v) is 5.71. The van der Waals surface area contributed by atoms with E-state index in [1.54, 1.807) is 6.07 Å². The van der Waals surface area contributed by atoms with Crippen molar-refractivity contribution in [1.82, 2.24) is 0 Å². The highest BCUT2D eigenvalue weighted by Crippen LogP contribution is 2.56. The molecule has 1 N–H and O–H groups in total. The van der Waals surface area contributed by atoms with E-state index in [0.717, 1.165) is 18.4 Å². The van der Waals surface area contributed by atoms with E-state index in [2.05, 4.69) is 15.9 Å². The van der Waals surface area contributed by atoms with Crippen LogP contribution in [0, 0.1) is 0 Å². The zero-order chi connectivity index (χ0) is 14.9. The minimum absolute atomic E-state index is 0.0411. The number of ether oxygens (including phenoxy) is 2. The van der Waals surface area contributed by atoms with Crippen molar-refractivity contribution in [3.05, 3.63) is 21.7 Å². The average molecular weight is 343 g/mol. The fraction of sp³-hybridized carbons (Fsp3) is 0.429. The van der Waals surface area contributed by atoms with Gasteiger partial charge in [0.05, 0.1) is 26.2 Å². The Morgan fingerprint density at radius 3 is 2.40 bits per heavy atom. The van der Waals surface area contributed by atoms with Gasteiger partial charge in [-0.15, -0.1) is 0 Å². The predicted molar refractivity (Wildman–Crippen MR) is 75.8 cm³/mol. The van der Waals surface area contributed by atoms with E-state index in [4.69, 9.17) is 14.6 Å². The molecule has 1 aliphatic rings. The van der Waals surface area contributed by atoms with Crippen LogP contribution in [0.5, 0.6) is 11.5 Å². The van der Waals surface area contributed by atoms with Crippen LogP contribution in [0.3, 0.4) is 0 Å². The quantitative estimate of drug-likeness (QED) is 0.804. The average Bonchev–Trinajstić information content (AvgIpc) is 3.17. The Balaban J connectivity index is 2.62. The summed E-state index contributed by atoms with van der Waals surface area (Å²) in [6.45, 7) is 0. The van der Waals surface area contributed by atoms with Gasteiger partial charge in [-0.25, -0.2) is 0 Å². The van der Waals surface area contributed by atoms with Crippen LogP contribution >= 0.6 is 15.9 Å². The van der Waals surface area contributed by atoms with E-state index < -0.39 is 11.4 Å². The number of aliphatic carboxylic acids is 1. The number of aldehydes is 1. The van der Waals surface area contributed by atoms with Gasteiger partial charge in [0.25, 0.3) is 0 Å². The van der Waals surface area contributed by atoms with Crippen molar-refractivity contribution in [2.45, 2.75) is 24.7 Å². The monoisotopic (exact) mass is 342 g/mol. The van der Waals surface area contributed by atoms with E-state index in [1.165, 1.54) is 14.2 Å². The molecule has 5 nitrogen and oxygen atoms in total. The third kappa shape index (κ3) is 2.40. The lowest BCUT2D eigenvalue weighted by Crippen LogP contribution is -2.15. The molecule has 20 heavy (non-hydrogen) atoms. The lowest BCUT2D eigenvalue weighted by molar-refractivity contribution is -0.137. The first-order chi connectivity index (χ1) is 9.49. The highest BCUT2D eigenvalue weighted by atomic mass is 79.9. The van der Waals surface area contributed by atoms with Gasteiger partial charge in [0.15, 0.2) is 17.8 Å². The summed E-state index contributed by atoms with van der Waals surface area (Å²) >= 11 is 3.33. The largest absolute Gasteiger partial charge is 0.493 e. The molecule has 0 unspecified atom stereocenters. The molecule has 1 fully saturated rings. The van der Waals surface area contributed by atoms with Crippen LogP contribution in [0.25, 0.3) is 0 Å². The molecule has 1 aromatic rings. The van der Waals surface area contributed by atoms with Crippen molar-refractivity contribution in [2.24, 2.45) is 0 Å². The molecule has 0 atom stereocenters. The van der Waals surface area contributed by atoms with Gasteiger partial charge in [0.1, 0.15) is 0 Å². The Morgan fingerprint density at radius 2 is 2.00 bits per heavy atom. The fourth-order valence-electron chi connectivity index (χ4n) is 2.51. The highest BCUT2D eigenvalue weighted by Gasteiger charge is 2.48. The number of rotatable bonds is 6. The maximum atomic E-state index is 11.2. The Labute approximate surface area is 125 Å². The lowest BCUT2D eigenvalue weighted by Gasteiger charge is -2.21. The van der Waals surface area contributed by atoms with E-state index in [9.17, 15) is 9.59 Å². The fourth-order valence-corrected chi connectivity index (χ4v) is 3.02. The van der Waals surface area contributed by atoms with Crippen LogP contribution in [0.2, 0.25) is 0 Å². The summed E-state index contributed by atoms with van der Waals surface area (Å²) in [6.07, 6.45) is 2.29. The van der Waals surface area contributed by atoms with Crippen LogP contribution in [-0.2, 0) is 10.2 Å². The SMILES string of the molecule is COc1c(C2(CC(=O)O)CC2)cc(Br)c(C=O)c1OC. The number of benzene rings is 1. The van der Waals surface area contributed by atoms with Gasteiger partial charge in [-0.05, 0) is 34.8 Å². The molecule has 0 saturated heterocycles. The number of carbonyl (C=O) groups excluding carboxylic acids is 1. The van der Waals surface area contributed by atoms with Gasteiger partial charge >= 0.3 is 5.97 Å². The van der Waals surface area contributed by atoms with Crippen LogP contribution < -0.4 is 9.47 Å². The number of carboxylic acids is 1. The topological polar surface area (TPSA) is 72.8 Å². The molecule has 0 heterocycles. The summed E-state index contributed by atoms with van der Waals surface area (Å²) in [7, 11) is 2.94. The van der Waals surface area contributed by atoms with E-state index in [0.29, 0.717) is 27.8 Å². The maximum Gasteiger partial charge on any atom is 0.304 e. The highest BCUT2D eigenvalue weighted by molar-refractivity contribution is 9.10. The van der Waals surface area contributed by atoms with Gasteiger partial charge < -0.3 is 14.6 Å². The second kappa shape index (κ2) is 5.44. The van der Waals surface area contributed by atoms with Gasteiger partial charge in [-0.1, -0.05) is 0 Å². The number of carboxylic acid groups (broad SMARTS) is 1. The minimum Gasteiger partial charge on any atom is -0.493 e. The number of carbonyl (C=O) groups is 2. The number of hydrogen-bond acceptors (Lipinski definition) is 4. The van der Waals surface area contributed by atoms with E-state index in [-0.39, 0.29) is 6.42 Å². The molecule has 0 aliphatic heterocycles. The predicted octanol–water partition coefficient (Wildman–Crippen LogP) is 2.79. The molecule has 1 aromatic carbocycles. The first-order valence-electron chi connectivity index (χ1n) is 6.11. The number of halogens is 1. The molecule has 0 radical (unpaired) electrons. The van der Waals surface area contributed by atoms with Crippen LogP contribution in [-0.4, -0.2) is 31.6 Å². The van der Waals surface area contributed by atoms with Crippen LogP contribution in [0.15, 0.2) is 10.5 Å². The summed E-state index contributed by atoms with van der Waals surface area (Å²) in [6, 6.07) is 1.76. The molecule has 0 aromatic heterocycles. The molecule has 1 aliphatic carbocycles. The zero-order valence-corrected chi connectivity index (χ0v) is 12.8. The number of methoxy groups -OCH3 is 2. The molecule has 0 amide bonds. The first kappa shape index (κ1) is 14.8. The van der Waals surface area contributed by atoms with Crippen molar-refractivity contribution in [2.75, 3.05) is 14.2 Å². The summed E-state index contributed by atoms with van der Waals surface area (Å²) < 4.78 is 11.2. The van der Waals surface area contributed by atoms with Crippen molar-refractivity contribution >= 4 is 28.2 Å². The first-order valence-corrected chi connectivity index (χ1v) is 6.90. The van der Waals surface area contributed by atoms with Gasteiger partial charge in [-0.3, -0.25) is 9.59 Å². The Kier molecular flexibility index (Phi) is 4.04. The third-order valence-corrected chi connectivity index (χ3v) is 4.32. The minimum atomic E-state index is -0.848. The lowest BCUT2D eigenvalue weighted by atomic mass is 9.90. The molecule has 0 bridgehead atoms. The Hall–Kier alpha value is -1.56. The molecule has 0 spiro atoms. The van der Waals surface area contributed by atoms with Crippen molar-refractivity contribution in [3.63, 3.8) is 0 Å². The maximum absolute atomic E-state index is 11.2. The van der Waals surface area contributed by atoms with Gasteiger partial charge in [0, 0.05) is 15.5 Å². The Bertz CT molecular complexity index is 563. The number of hydrogen-bond donors (Lipinski definition) is 1. The van der Waals surface area contributed by atoms with Crippen LogP contribution in [0.1, 0.15) is 35.2 Å². The standard InChI is InChI=1S/C14H15BrO5/c1-19-12-8(7-16)10(15)5-9(13(12)20-2)14(3-4-14)6-11(17)18/h5,7H,3-4,6H2,1-2H3,(H,17,18). The van der Waals surface area contributed by atoms with Crippen molar-refractivity contribution in [3.8, 4) is 11.5 Å². The molecule has 108 valence electrons. The summed E-state index contributed by atoms with van der Waals surface area (Å²) in [5.41, 5.74) is 0.713. The second-order valence-electron chi connectivity index (χ2n) is 4.85. The van der Waals surface area contributed by atoms with E-state index in [1.807, 2.05) is 0 Å². The zero-order valence-electron chi connectivity index (χ0n) is 11.2. The summed E-state index contributed by atoms with van der Waals surface area (Å²) in [5.74, 6) is -0.0702. The van der Waals surface area contributed by atoms with Gasteiger partial charge in [0.2, 0.25) is 0 Å². The molecular weight excluding hydrogens is 328 g/mol. The van der Waals surface area contributed by atoms with E-state index >= 15 is 0 Å². The van der Waals surface area contributed by atoms with Gasteiger partial charge in [-0.2, -0.15) is 0 Å². The van der Waals surface area contributed by atoms with Crippen molar-refractivity contribution < 1.29 is 24.2 Å². The molecule has 6 heteroatoms. The molecule has 2 rings (SSSR count). The summed E-state index contributed by atoms with van der Waals surface area (Å²) in [5, 5.41) is 9.07. The van der Waals surface area contributed by atoms with Crippen molar-refractivity contribution in [1.29, 1.82) is 0 Å².